The van der Waals surface area contributed by atoms with E-state index in [2.05, 4.69) is 64.3 Å². The summed E-state index contributed by atoms with van der Waals surface area (Å²) in [6, 6.07) is 9.25. The Hall–Kier alpha value is -0.380. The van der Waals surface area contributed by atoms with Crippen molar-refractivity contribution in [3.63, 3.8) is 0 Å². The zero-order valence-corrected chi connectivity index (χ0v) is 13.6. The number of hydrogen-bond donors (Lipinski definition) is 1. The summed E-state index contributed by atoms with van der Waals surface area (Å²) in [5.74, 6) is 0.812. The molecule has 1 fully saturated rings. The van der Waals surface area contributed by atoms with Gasteiger partial charge in [0, 0.05) is 17.1 Å². The first kappa shape index (κ1) is 15.0. The summed E-state index contributed by atoms with van der Waals surface area (Å²) in [5, 5.41) is 3.52. The normalized spacial score (nSPS) is 21.6. The minimum Gasteiger partial charge on any atom is -0.316 e. The van der Waals surface area contributed by atoms with Gasteiger partial charge in [0.05, 0.1) is 0 Å². The fraction of sp³-hybridized carbons (Fsp3) is 0.625. The molecule has 0 bridgehead atoms. The molecular formula is C16H25BrN2. The van der Waals surface area contributed by atoms with Crippen molar-refractivity contribution in [3.05, 3.63) is 34.3 Å². The zero-order valence-electron chi connectivity index (χ0n) is 12.0. The Morgan fingerprint density at radius 1 is 1.37 bits per heavy atom. The average Bonchev–Trinajstić information content (AvgIpc) is 2.46. The molecule has 19 heavy (non-hydrogen) atoms. The second-order valence-corrected chi connectivity index (χ2v) is 6.44. The van der Waals surface area contributed by atoms with E-state index in [0.29, 0.717) is 6.04 Å². The summed E-state index contributed by atoms with van der Waals surface area (Å²) in [6.07, 6.45) is 2.70. The summed E-state index contributed by atoms with van der Waals surface area (Å²) >= 11 is 3.51. The molecule has 1 aliphatic heterocycles. The third kappa shape index (κ3) is 4.30. The Morgan fingerprint density at radius 3 is 2.68 bits per heavy atom. The molecule has 1 N–H and O–H groups in total. The van der Waals surface area contributed by atoms with Gasteiger partial charge in [-0.05, 0) is 63.0 Å². The van der Waals surface area contributed by atoms with Gasteiger partial charge in [-0.2, -0.15) is 0 Å². The molecule has 0 saturated carbocycles. The third-order valence-electron chi connectivity index (χ3n) is 4.20. The van der Waals surface area contributed by atoms with Gasteiger partial charge < -0.3 is 5.32 Å². The summed E-state index contributed by atoms with van der Waals surface area (Å²) < 4.78 is 1.16. The van der Waals surface area contributed by atoms with Crippen molar-refractivity contribution >= 4 is 15.9 Å². The Labute approximate surface area is 125 Å². The van der Waals surface area contributed by atoms with Gasteiger partial charge in [0.15, 0.2) is 0 Å². The van der Waals surface area contributed by atoms with Gasteiger partial charge in [0.2, 0.25) is 0 Å². The first-order chi connectivity index (χ1) is 9.20. The molecule has 2 unspecified atom stereocenters. The molecule has 0 aliphatic carbocycles. The second kappa shape index (κ2) is 7.41. The summed E-state index contributed by atoms with van der Waals surface area (Å²) in [6.45, 7) is 9.30. The van der Waals surface area contributed by atoms with Crippen molar-refractivity contribution in [3.8, 4) is 0 Å². The Morgan fingerprint density at radius 2 is 2.11 bits per heavy atom. The number of halogens is 1. The van der Waals surface area contributed by atoms with Crippen LogP contribution in [0.1, 0.15) is 38.3 Å². The van der Waals surface area contributed by atoms with E-state index in [-0.39, 0.29) is 0 Å². The summed E-state index contributed by atoms with van der Waals surface area (Å²) in [7, 11) is 0. The smallest absolute Gasteiger partial charge is 0.0319 e. The fourth-order valence-corrected chi connectivity index (χ4v) is 3.19. The molecule has 2 rings (SSSR count). The van der Waals surface area contributed by atoms with E-state index in [9.17, 15) is 0 Å². The van der Waals surface area contributed by atoms with Crippen LogP contribution in [0.3, 0.4) is 0 Å². The predicted octanol–water partition coefficient (Wildman–Crippen LogP) is 3.83. The van der Waals surface area contributed by atoms with Crippen molar-refractivity contribution in [2.75, 3.05) is 26.2 Å². The lowest BCUT2D eigenvalue weighted by molar-refractivity contribution is 0.171. The number of nitrogens with zero attached hydrogens (tertiary/aromatic N) is 1. The first-order valence-electron chi connectivity index (χ1n) is 7.41. The van der Waals surface area contributed by atoms with E-state index in [1.54, 1.807) is 0 Å². The maximum Gasteiger partial charge on any atom is 0.0319 e. The Bertz CT molecular complexity index is 371. The van der Waals surface area contributed by atoms with Crippen molar-refractivity contribution in [1.29, 1.82) is 0 Å². The van der Waals surface area contributed by atoms with Gasteiger partial charge in [-0.3, -0.25) is 4.90 Å². The molecule has 2 atom stereocenters. The van der Waals surface area contributed by atoms with Crippen LogP contribution in [0.5, 0.6) is 0 Å². The SMILES string of the molecule is CCN(CC1CCCNC1)C(C)c1ccc(Br)cc1. The number of nitrogens with one attached hydrogen (secondary N) is 1. The van der Waals surface area contributed by atoms with Crippen LogP contribution >= 0.6 is 15.9 Å². The van der Waals surface area contributed by atoms with Crippen molar-refractivity contribution in [2.24, 2.45) is 5.92 Å². The maximum atomic E-state index is 3.52. The largest absolute Gasteiger partial charge is 0.316 e. The Balaban J connectivity index is 1.97. The fourth-order valence-electron chi connectivity index (χ4n) is 2.92. The highest BCUT2D eigenvalue weighted by molar-refractivity contribution is 9.10. The lowest BCUT2D eigenvalue weighted by atomic mass is 9.97. The molecule has 1 aliphatic rings. The molecule has 1 heterocycles. The van der Waals surface area contributed by atoms with E-state index in [1.165, 1.54) is 38.0 Å². The molecule has 1 aromatic rings. The van der Waals surface area contributed by atoms with Crippen LogP contribution in [0, 0.1) is 5.92 Å². The van der Waals surface area contributed by atoms with Gasteiger partial charge in [-0.1, -0.05) is 35.0 Å². The second-order valence-electron chi connectivity index (χ2n) is 5.53. The van der Waals surface area contributed by atoms with Gasteiger partial charge >= 0.3 is 0 Å². The summed E-state index contributed by atoms with van der Waals surface area (Å²) in [4.78, 5) is 2.60. The topological polar surface area (TPSA) is 15.3 Å². The minimum absolute atomic E-state index is 0.500. The molecule has 1 aromatic carbocycles. The highest BCUT2D eigenvalue weighted by Crippen LogP contribution is 2.24. The Kier molecular flexibility index (Phi) is 5.86. The molecular weight excluding hydrogens is 300 g/mol. The number of rotatable bonds is 5. The van der Waals surface area contributed by atoms with Crippen LogP contribution in [-0.4, -0.2) is 31.1 Å². The number of piperidine rings is 1. The highest BCUT2D eigenvalue weighted by Gasteiger charge is 2.20. The van der Waals surface area contributed by atoms with E-state index >= 15 is 0 Å². The molecule has 3 heteroatoms. The van der Waals surface area contributed by atoms with E-state index in [4.69, 9.17) is 0 Å². The minimum atomic E-state index is 0.500. The van der Waals surface area contributed by atoms with Gasteiger partial charge in [-0.25, -0.2) is 0 Å². The lowest BCUT2D eigenvalue weighted by Gasteiger charge is -2.33. The maximum absolute atomic E-state index is 3.52. The van der Waals surface area contributed by atoms with Crippen LogP contribution in [0.4, 0.5) is 0 Å². The highest BCUT2D eigenvalue weighted by atomic mass is 79.9. The first-order valence-corrected chi connectivity index (χ1v) is 8.20. The van der Waals surface area contributed by atoms with Crippen LogP contribution in [-0.2, 0) is 0 Å². The average molecular weight is 325 g/mol. The lowest BCUT2D eigenvalue weighted by Crippen LogP contribution is -2.39. The molecule has 2 nitrogen and oxygen atoms in total. The van der Waals surface area contributed by atoms with Crippen LogP contribution in [0.15, 0.2) is 28.7 Å². The molecule has 0 aromatic heterocycles. The molecule has 0 amide bonds. The number of hydrogen-bond acceptors (Lipinski definition) is 2. The third-order valence-corrected chi connectivity index (χ3v) is 4.73. The standard InChI is InChI=1S/C16H25BrN2/c1-3-19(12-14-5-4-10-18-11-14)13(2)15-6-8-16(17)9-7-15/h6-9,13-14,18H,3-5,10-12H2,1-2H3. The number of benzene rings is 1. The zero-order chi connectivity index (χ0) is 13.7. The predicted molar refractivity (Wildman–Crippen MR) is 85.4 cm³/mol. The monoisotopic (exact) mass is 324 g/mol. The molecule has 0 spiro atoms. The molecule has 1 saturated heterocycles. The van der Waals surface area contributed by atoms with E-state index in [1.807, 2.05) is 0 Å². The molecule has 0 radical (unpaired) electrons. The van der Waals surface area contributed by atoms with Crippen LogP contribution in [0.25, 0.3) is 0 Å². The summed E-state index contributed by atoms with van der Waals surface area (Å²) in [5.41, 5.74) is 1.41. The van der Waals surface area contributed by atoms with E-state index in [0.717, 1.165) is 16.9 Å². The van der Waals surface area contributed by atoms with Crippen LogP contribution in [0.2, 0.25) is 0 Å². The molecule has 106 valence electrons. The van der Waals surface area contributed by atoms with Gasteiger partial charge in [0.25, 0.3) is 0 Å². The van der Waals surface area contributed by atoms with Crippen molar-refractivity contribution in [2.45, 2.75) is 32.7 Å². The van der Waals surface area contributed by atoms with Gasteiger partial charge in [-0.15, -0.1) is 0 Å². The van der Waals surface area contributed by atoms with Crippen molar-refractivity contribution < 1.29 is 0 Å². The van der Waals surface area contributed by atoms with Gasteiger partial charge in [0.1, 0.15) is 0 Å². The van der Waals surface area contributed by atoms with Crippen molar-refractivity contribution in [1.82, 2.24) is 10.2 Å². The van der Waals surface area contributed by atoms with E-state index < -0.39 is 0 Å². The van der Waals surface area contributed by atoms with Crippen LogP contribution < -0.4 is 5.32 Å². The quantitative estimate of drug-likeness (QED) is 0.885.